The van der Waals surface area contributed by atoms with E-state index in [-0.39, 0.29) is 11.5 Å². The van der Waals surface area contributed by atoms with Crippen LogP contribution in [0.25, 0.3) is 0 Å². The van der Waals surface area contributed by atoms with Crippen LogP contribution in [-0.2, 0) is 9.53 Å². The van der Waals surface area contributed by atoms with Crippen molar-refractivity contribution in [1.82, 2.24) is 5.32 Å². The van der Waals surface area contributed by atoms with Crippen LogP contribution >= 0.6 is 11.3 Å². The molecule has 0 bridgehead atoms. The maximum atomic E-state index is 12.0. The highest BCUT2D eigenvalue weighted by Crippen LogP contribution is 2.15. The number of hydrogen-bond donors (Lipinski definition) is 3. The Morgan fingerprint density at radius 1 is 1.12 bits per heavy atom. The Morgan fingerprint density at radius 2 is 1.80 bits per heavy atom. The third-order valence-corrected chi connectivity index (χ3v) is 3.89. The summed E-state index contributed by atoms with van der Waals surface area (Å²) in [7, 11) is 0. The number of amides is 4. The third-order valence-electron chi connectivity index (χ3n) is 3.02. The average molecular weight is 361 g/mol. The van der Waals surface area contributed by atoms with Gasteiger partial charge in [-0.2, -0.15) is 0 Å². The minimum absolute atomic E-state index is 0.188. The summed E-state index contributed by atoms with van der Waals surface area (Å²) in [5.74, 6) is -1.81. The van der Waals surface area contributed by atoms with E-state index in [9.17, 15) is 19.2 Å². The van der Waals surface area contributed by atoms with Crippen LogP contribution in [0, 0.1) is 0 Å². The van der Waals surface area contributed by atoms with Gasteiger partial charge in [-0.15, -0.1) is 11.3 Å². The lowest BCUT2D eigenvalue weighted by atomic mass is 10.2. The average Bonchev–Trinajstić information content (AvgIpc) is 3.09. The summed E-state index contributed by atoms with van der Waals surface area (Å²) >= 11 is 1.32. The van der Waals surface area contributed by atoms with E-state index in [0.717, 1.165) is 0 Å². The molecule has 4 amide bonds. The van der Waals surface area contributed by atoms with Crippen LogP contribution in [0.3, 0.4) is 0 Å². The molecule has 1 aromatic heterocycles. The van der Waals surface area contributed by atoms with E-state index in [2.05, 4.69) is 5.32 Å². The van der Waals surface area contributed by atoms with Crippen LogP contribution in [0.4, 0.5) is 10.5 Å². The van der Waals surface area contributed by atoms with Gasteiger partial charge in [0.25, 0.3) is 11.8 Å². The molecule has 8 nitrogen and oxygen atoms in total. The number of carbonyl (C=O) groups is 4. The molecule has 130 valence electrons. The van der Waals surface area contributed by atoms with Gasteiger partial charge in [0.15, 0.2) is 6.10 Å². The van der Waals surface area contributed by atoms with Crippen LogP contribution < -0.4 is 16.4 Å². The fourth-order valence-corrected chi connectivity index (χ4v) is 2.41. The van der Waals surface area contributed by atoms with Gasteiger partial charge in [-0.3, -0.25) is 14.9 Å². The number of thiophene rings is 1. The molecule has 9 heteroatoms. The largest absolute Gasteiger partial charge is 0.449 e. The number of benzene rings is 1. The van der Waals surface area contributed by atoms with Crippen molar-refractivity contribution in [3.05, 3.63) is 52.2 Å². The van der Waals surface area contributed by atoms with E-state index < -0.39 is 24.0 Å². The fraction of sp³-hybridized carbons (Fsp3) is 0.125. The van der Waals surface area contributed by atoms with Gasteiger partial charge in [0.2, 0.25) is 0 Å². The Bertz CT molecular complexity index is 787. The summed E-state index contributed by atoms with van der Waals surface area (Å²) < 4.78 is 4.93. The summed E-state index contributed by atoms with van der Waals surface area (Å²) in [6, 6.07) is 8.42. The van der Waals surface area contributed by atoms with Crippen LogP contribution in [-0.4, -0.2) is 29.9 Å². The highest BCUT2D eigenvalue weighted by Gasteiger charge is 2.20. The molecule has 25 heavy (non-hydrogen) atoms. The van der Waals surface area contributed by atoms with E-state index in [1.807, 2.05) is 5.32 Å². The number of hydrogen-bond acceptors (Lipinski definition) is 6. The molecule has 0 fully saturated rings. The quantitative estimate of drug-likeness (QED) is 0.699. The minimum Gasteiger partial charge on any atom is -0.449 e. The topological polar surface area (TPSA) is 128 Å². The molecule has 0 aliphatic carbocycles. The molecular formula is C16H15N3O5S. The second-order valence-electron chi connectivity index (χ2n) is 4.91. The van der Waals surface area contributed by atoms with Gasteiger partial charge >= 0.3 is 12.0 Å². The summed E-state index contributed by atoms with van der Waals surface area (Å²) in [6.07, 6.45) is -1.18. The normalized spacial score (nSPS) is 11.2. The third kappa shape index (κ3) is 5.15. The minimum atomic E-state index is -1.18. The van der Waals surface area contributed by atoms with E-state index in [1.165, 1.54) is 42.5 Å². The molecule has 1 aromatic carbocycles. The van der Waals surface area contributed by atoms with Gasteiger partial charge in [0, 0.05) is 5.69 Å². The Labute approximate surface area is 147 Å². The molecule has 0 aliphatic rings. The molecule has 4 N–H and O–H groups in total. The molecule has 0 saturated carbocycles. The van der Waals surface area contributed by atoms with Crippen molar-refractivity contribution >= 4 is 40.8 Å². The summed E-state index contributed by atoms with van der Waals surface area (Å²) in [5, 5.41) is 6.31. The lowest BCUT2D eigenvalue weighted by Crippen LogP contribution is -2.42. The first kappa shape index (κ1) is 18.1. The maximum absolute atomic E-state index is 12.0. The predicted molar refractivity (Wildman–Crippen MR) is 91.3 cm³/mol. The van der Waals surface area contributed by atoms with Crippen LogP contribution in [0.1, 0.15) is 27.0 Å². The van der Waals surface area contributed by atoms with Gasteiger partial charge in [-0.05, 0) is 42.6 Å². The molecule has 0 aliphatic heterocycles. The standard InChI is InChI=1S/C16H15N3O5S/c1-9(13(20)19-16(17)23)24-15(22)10-4-6-11(7-5-10)18-14(21)12-3-2-8-25-12/h2-9H,1H3,(H,18,21)(H3,17,19,20,23). The number of urea groups is 1. The predicted octanol–water partition coefficient (Wildman–Crippen LogP) is 1.74. The summed E-state index contributed by atoms with van der Waals surface area (Å²) in [5.41, 5.74) is 5.52. The number of primary amides is 1. The Morgan fingerprint density at radius 3 is 2.36 bits per heavy atom. The van der Waals surface area contributed by atoms with Crippen molar-refractivity contribution in [1.29, 1.82) is 0 Å². The molecular weight excluding hydrogens is 346 g/mol. The highest BCUT2D eigenvalue weighted by atomic mass is 32.1. The fourth-order valence-electron chi connectivity index (χ4n) is 1.80. The number of anilines is 1. The summed E-state index contributed by atoms with van der Waals surface area (Å²) in [4.78, 5) is 46.5. The Hall–Kier alpha value is -3.20. The van der Waals surface area contributed by atoms with Crippen LogP contribution in [0.2, 0.25) is 0 Å². The molecule has 0 radical (unpaired) electrons. The highest BCUT2D eigenvalue weighted by molar-refractivity contribution is 7.12. The number of nitrogens with one attached hydrogen (secondary N) is 2. The molecule has 0 spiro atoms. The van der Waals surface area contributed by atoms with Crippen molar-refractivity contribution in [2.75, 3.05) is 5.32 Å². The maximum Gasteiger partial charge on any atom is 0.338 e. The molecule has 1 heterocycles. The van der Waals surface area contributed by atoms with Crippen molar-refractivity contribution in [3.63, 3.8) is 0 Å². The van der Waals surface area contributed by atoms with Gasteiger partial charge in [-0.1, -0.05) is 6.07 Å². The molecule has 0 saturated heterocycles. The van der Waals surface area contributed by atoms with E-state index in [4.69, 9.17) is 10.5 Å². The van der Waals surface area contributed by atoms with Crippen LogP contribution in [0.15, 0.2) is 41.8 Å². The van der Waals surface area contributed by atoms with Gasteiger partial charge < -0.3 is 15.8 Å². The zero-order valence-corrected chi connectivity index (χ0v) is 14.0. The van der Waals surface area contributed by atoms with Gasteiger partial charge in [0.1, 0.15) is 0 Å². The SMILES string of the molecule is CC(OC(=O)c1ccc(NC(=O)c2cccs2)cc1)C(=O)NC(N)=O. The van der Waals surface area contributed by atoms with Gasteiger partial charge in [0.05, 0.1) is 10.4 Å². The number of carbonyl (C=O) groups excluding carboxylic acids is 4. The second-order valence-corrected chi connectivity index (χ2v) is 5.86. The van der Waals surface area contributed by atoms with E-state index in [0.29, 0.717) is 10.6 Å². The number of rotatable bonds is 5. The van der Waals surface area contributed by atoms with E-state index >= 15 is 0 Å². The van der Waals surface area contributed by atoms with Gasteiger partial charge in [-0.25, -0.2) is 9.59 Å². The van der Waals surface area contributed by atoms with Crippen molar-refractivity contribution in [2.24, 2.45) is 5.73 Å². The number of esters is 1. The molecule has 2 rings (SSSR count). The van der Waals surface area contributed by atoms with Crippen molar-refractivity contribution in [2.45, 2.75) is 13.0 Å². The Kier molecular flexibility index (Phi) is 5.85. The van der Waals surface area contributed by atoms with Crippen LogP contribution in [0.5, 0.6) is 0 Å². The smallest absolute Gasteiger partial charge is 0.338 e. The molecule has 1 unspecified atom stereocenters. The first-order valence-corrected chi connectivity index (χ1v) is 8.01. The lowest BCUT2D eigenvalue weighted by Gasteiger charge is -2.12. The van der Waals surface area contributed by atoms with E-state index in [1.54, 1.807) is 17.5 Å². The lowest BCUT2D eigenvalue weighted by molar-refractivity contribution is -0.127. The van der Waals surface area contributed by atoms with Crippen molar-refractivity contribution in [3.8, 4) is 0 Å². The number of nitrogens with two attached hydrogens (primary N) is 1. The second kappa shape index (κ2) is 8.06. The van der Waals surface area contributed by atoms with Crippen molar-refractivity contribution < 1.29 is 23.9 Å². The monoisotopic (exact) mass is 361 g/mol. The molecule has 2 aromatic rings. The Balaban J connectivity index is 1.94. The first-order chi connectivity index (χ1) is 11.9. The summed E-state index contributed by atoms with van der Waals surface area (Å²) in [6.45, 7) is 1.31. The first-order valence-electron chi connectivity index (χ1n) is 7.13. The zero-order chi connectivity index (χ0) is 18.4. The molecule has 1 atom stereocenters. The number of imide groups is 1. The zero-order valence-electron chi connectivity index (χ0n) is 13.1. The number of ether oxygens (including phenoxy) is 1.